The first kappa shape index (κ1) is 23.4. The summed E-state index contributed by atoms with van der Waals surface area (Å²) in [5.74, 6) is -0.0353. The number of hydrogen-bond donors (Lipinski definition) is 2. The van der Waals surface area contributed by atoms with Gasteiger partial charge in [-0.25, -0.2) is 0 Å². The van der Waals surface area contributed by atoms with E-state index >= 15 is 0 Å². The second-order valence-corrected chi connectivity index (χ2v) is 9.46. The Labute approximate surface area is 175 Å². The quantitative estimate of drug-likeness (QED) is 0.427. The van der Waals surface area contributed by atoms with Gasteiger partial charge in [-0.2, -0.15) is 0 Å². The molecule has 0 aromatic heterocycles. The van der Waals surface area contributed by atoms with E-state index in [2.05, 4.69) is 31.6 Å². The van der Waals surface area contributed by atoms with Crippen LogP contribution in [-0.2, 0) is 14.4 Å². The van der Waals surface area contributed by atoms with Gasteiger partial charge in [-0.3, -0.25) is 19.8 Å². The Kier molecular flexibility index (Phi) is 9.18. The molecule has 0 radical (unpaired) electrons. The molecule has 2 aliphatic rings. The molecule has 1 saturated heterocycles. The van der Waals surface area contributed by atoms with Crippen LogP contribution >= 0.6 is 0 Å². The van der Waals surface area contributed by atoms with E-state index in [1.165, 1.54) is 25.7 Å². The van der Waals surface area contributed by atoms with E-state index in [9.17, 15) is 14.4 Å². The van der Waals surface area contributed by atoms with Crippen molar-refractivity contribution in [3.8, 4) is 0 Å². The van der Waals surface area contributed by atoms with E-state index in [0.29, 0.717) is 19.4 Å². The molecule has 6 nitrogen and oxygen atoms in total. The first-order valence-corrected chi connectivity index (χ1v) is 11.4. The molecule has 2 amide bonds. The summed E-state index contributed by atoms with van der Waals surface area (Å²) < 4.78 is 0. The Morgan fingerprint density at radius 1 is 1.14 bits per heavy atom. The SMILES string of the molecule is CCCCCCCCC(=O)N1CCC[C@H](C(=O)NNC2=CC(=O)CC(C)(C)C2)C1. The first-order chi connectivity index (χ1) is 13.8. The smallest absolute Gasteiger partial charge is 0.243 e. The zero-order valence-corrected chi connectivity index (χ0v) is 18.5. The number of amides is 2. The van der Waals surface area contributed by atoms with Crippen molar-refractivity contribution in [2.45, 2.75) is 91.4 Å². The van der Waals surface area contributed by atoms with E-state index < -0.39 is 0 Å². The maximum atomic E-state index is 12.6. The number of hydrogen-bond acceptors (Lipinski definition) is 4. The van der Waals surface area contributed by atoms with Crippen molar-refractivity contribution in [3.63, 3.8) is 0 Å². The van der Waals surface area contributed by atoms with Crippen molar-refractivity contribution in [2.75, 3.05) is 13.1 Å². The summed E-state index contributed by atoms with van der Waals surface area (Å²) in [6.07, 6.45) is 12.1. The van der Waals surface area contributed by atoms with Crippen LogP contribution in [0.15, 0.2) is 11.8 Å². The molecule has 0 unspecified atom stereocenters. The van der Waals surface area contributed by atoms with Crippen LogP contribution in [0.1, 0.15) is 91.4 Å². The van der Waals surface area contributed by atoms with Gasteiger partial charge in [0.2, 0.25) is 11.8 Å². The van der Waals surface area contributed by atoms with Gasteiger partial charge in [0.1, 0.15) is 0 Å². The van der Waals surface area contributed by atoms with Gasteiger partial charge in [0.25, 0.3) is 0 Å². The van der Waals surface area contributed by atoms with Crippen LogP contribution in [-0.4, -0.2) is 35.6 Å². The molecule has 164 valence electrons. The average molecular weight is 406 g/mol. The second kappa shape index (κ2) is 11.4. The minimum absolute atomic E-state index is 0.0853. The number of hydrazine groups is 1. The predicted molar refractivity (Wildman–Crippen MR) is 115 cm³/mol. The number of unbranched alkanes of at least 4 members (excludes halogenated alkanes) is 5. The highest BCUT2D eigenvalue weighted by Gasteiger charge is 2.30. The third kappa shape index (κ3) is 8.19. The first-order valence-electron chi connectivity index (χ1n) is 11.4. The molecule has 0 saturated carbocycles. The standard InChI is InChI=1S/C23H39N3O3/c1-4-5-6-7-8-9-12-21(28)26-13-10-11-18(17-26)22(29)25-24-19-14-20(27)16-23(2,3)15-19/h14,18,24H,4-13,15-17H2,1-3H3,(H,25,29)/t18-/m0/s1. The molecule has 0 bridgehead atoms. The van der Waals surface area contributed by atoms with Crippen molar-refractivity contribution in [1.82, 2.24) is 15.8 Å². The van der Waals surface area contributed by atoms with Gasteiger partial charge >= 0.3 is 0 Å². The minimum atomic E-state index is -0.197. The molecule has 1 aliphatic heterocycles. The van der Waals surface area contributed by atoms with Crippen molar-refractivity contribution in [2.24, 2.45) is 11.3 Å². The highest BCUT2D eigenvalue weighted by Crippen LogP contribution is 2.32. The molecule has 1 aliphatic carbocycles. The lowest BCUT2D eigenvalue weighted by Gasteiger charge is -2.33. The molecule has 0 aromatic carbocycles. The molecule has 6 heteroatoms. The van der Waals surface area contributed by atoms with E-state index in [4.69, 9.17) is 0 Å². The molecule has 29 heavy (non-hydrogen) atoms. The van der Waals surface area contributed by atoms with Crippen molar-refractivity contribution in [1.29, 1.82) is 0 Å². The Balaban J connectivity index is 1.73. The molecule has 1 fully saturated rings. The summed E-state index contributed by atoms with van der Waals surface area (Å²) in [6.45, 7) is 7.55. The van der Waals surface area contributed by atoms with E-state index in [-0.39, 0.29) is 28.9 Å². The third-order valence-electron chi connectivity index (χ3n) is 5.89. The van der Waals surface area contributed by atoms with Gasteiger partial charge in [0, 0.05) is 37.7 Å². The fraction of sp³-hybridized carbons (Fsp3) is 0.783. The fourth-order valence-electron chi connectivity index (χ4n) is 4.30. The average Bonchev–Trinajstić information content (AvgIpc) is 2.67. The molecule has 2 rings (SSSR count). The molecule has 0 spiro atoms. The largest absolute Gasteiger partial charge is 0.342 e. The number of allylic oxidation sites excluding steroid dienone is 2. The monoisotopic (exact) mass is 405 g/mol. The van der Waals surface area contributed by atoms with Crippen LogP contribution < -0.4 is 10.9 Å². The Morgan fingerprint density at radius 2 is 1.86 bits per heavy atom. The van der Waals surface area contributed by atoms with Crippen LogP contribution in [0.2, 0.25) is 0 Å². The Bertz CT molecular complexity index is 612. The maximum absolute atomic E-state index is 12.6. The van der Waals surface area contributed by atoms with Gasteiger partial charge < -0.3 is 10.3 Å². The molecule has 1 atom stereocenters. The van der Waals surface area contributed by atoms with Crippen molar-refractivity contribution in [3.05, 3.63) is 11.8 Å². The van der Waals surface area contributed by atoms with Crippen molar-refractivity contribution >= 4 is 17.6 Å². The number of nitrogens with one attached hydrogen (secondary N) is 2. The number of carbonyl (C=O) groups is 3. The van der Waals surface area contributed by atoms with E-state index in [1.807, 2.05) is 4.90 Å². The van der Waals surface area contributed by atoms with Crippen LogP contribution in [0.3, 0.4) is 0 Å². The second-order valence-electron chi connectivity index (χ2n) is 9.46. The van der Waals surface area contributed by atoms with Gasteiger partial charge in [-0.15, -0.1) is 0 Å². The number of piperidine rings is 1. The van der Waals surface area contributed by atoms with Gasteiger partial charge in [0.05, 0.1) is 5.92 Å². The summed E-state index contributed by atoms with van der Waals surface area (Å²) in [7, 11) is 0. The van der Waals surface area contributed by atoms with Crippen molar-refractivity contribution < 1.29 is 14.4 Å². The molecular formula is C23H39N3O3. The van der Waals surface area contributed by atoms with Gasteiger partial charge in [-0.05, 0) is 31.1 Å². The molecule has 1 heterocycles. The summed E-state index contributed by atoms with van der Waals surface area (Å²) >= 11 is 0. The minimum Gasteiger partial charge on any atom is -0.342 e. The van der Waals surface area contributed by atoms with E-state index in [0.717, 1.165) is 44.3 Å². The zero-order chi connectivity index (χ0) is 21.3. The van der Waals surface area contributed by atoms with Crippen LogP contribution in [0.25, 0.3) is 0 Å². The molecule has 0 aromatic rings. The Morgan fingerprint density at radius 3 is 2.59 bits per heavy atom. The van der Waals surface area contributed by atoms with E-state index in [1.54, 1.807) is 6.08 Å². The maximum Gasteiger partial charge on any atom is 0.243 e. The van der Waals surface area contributed by atoms with Crippen LogP contribution in [0.4, 0.5) is 0 Å². The topological polar surface area (TPSA) is 78.5 Å². The highest BCUT2D eigenvalue weighted by atomic mass is 16.2. The lowest BCUT2D eigenvalue weighted by atomic mass is 9.79. The highest BCUT2D eigenvalue weighted by molar-refractivity contribution is 5.91. The lowest BCUT2D eigenvalue weighted by Crippen LogP contribution is -2.49. The van der Waals surface area contributed by atoms with Gasteiger partial charge in [-0.1, -0.05) is 52.9 Å². The fourth-order valence-corrected chi connectivity index (χ4v) is 4.30. The predicted octanol–water partition coefficient (Wildman–Crippen LogP) is 3.87. The zero-order valence-electron chi connectivity index (χ0n) is 18.5. The summed E-state index contributed by atoms with van der Waals surface area (Å²) in [4.78, 5) is 38.8. The normalized spacial score (nSPS) is 21.5. The molecule has 2 N–H and O–H groups in total. The summed E-state index contributed by atoms with van der Waals surface area (Å²) in [5, 5.41) is 0. The Hall–Kier alpha value is -1.85. The number of likely N-dealkylation sites (tertiary alicyclic amines) is 1. The lowest BCUT2D eigenvalue weighted by molar-refractivity contribution is -0.136. The third-order valence-corrected chi connectivity index (χ3v) is 5.89. The van der Waals surface area contributed by atoms with Crippen LogP contribution in [0.5, 0.6) is 0 Å². The molecular weight excluding hydrogens is 366 g/mol. The summed E-state index contributed by atoms with van der Waals surface area (Å²) in [6, 6.07) is 0. The number of carbonyl (C=O) groups excluding carboxylic acids is 3. The number of rotatable bonds is 10. The number of nitrogens with zero attached hydrogens (tertiary/aromatic N) is 1. The number of ketones is 1. The van der Waals surface area contributed by atoms with Gasteiger partial charge in [0.15, 0.2) is 5.78 Å². The summed E-state index contributed by atoms with van der Waals surface area (Å²) in [5.41, 5.74) is 6.37. The van der Waals surface area contributed by atoms with Crippen LogP contribution in [0, 0.1) is 11.3 Å².